The Morgan fingerprint density at radius 2 is 1.96 bits per heavy atom. The molecule has 1 aliphatic rings. The number of nitrogens with zero attached hydrogens (tertiary/aromatic N) is 4. The highest BCUT2D eigenvalue weighted by molar-refractivity contribution is 7.18. The largest absolute Gasteiger partial charge is 0.354 e. The predicted octanol–water partition coefficient (Wildman–Crippen LogP) is 4.10. The van der Waals surface area contributed by atoms with Crippen molar-refractivity contribution in [1.82, 2.24) is 14.9 Å². The van der Waals surface area contributed by atoms with Gasteiger partial charge in [0, 0.05) is 43.8 Å². The summed E-state index contributed by atoms with van der Waals surface area (Å²) in [7, 11) is 0. The first kappa shape index (κ1) is 16.8. The summed E-state index contributed by atoms with van der Waals surface area (Å²) in [6, 6.07) is 12.1. The highest BCUT2D eigenvalue weighted by Crippen LogP contribution is 2.25. The third-order valence-electron chi connectivity index (χ3n) is 4.60. The molecule has 0 N–H and O–H groups in total. The lowest BCUT2D eigenvalue weighted by Crippen LogP contribution is -2.46. The average molecular weight is 373 g/mol. The molecule has 0 bridgehead atoms. The molecular formula is C19H21ClN4S. The monoisotopic (exact) mass is 372 g/mol. The minimum Gasteiger partial charge on any atom is -0.354 e. The number of benzene rings is 1. The number of aryl methyl sites for hydroxylation is 1. The summed E-state index contributed by atoms with van der Waals surface area (Å²) >= 11 is 7.82. The van der Waals surface area contributed by atoms with Gasteiger partial charge in [0.05, 0.1) is 15.2 Å². The number of aromatic nitrogens is 2. The number of rotatable bonds is 5. The van der Waals surface area contributed by atoms with E-state index in [0.717, 1.165) is 61.9 Å². The zero-order chi connectivity index (χ0) is 17.1. The van der Waals surface area contributed by atoms with Crippen LogP contribution in [0.1, 0.15) is 11.4 Å². The van der Waals surface area contributed by atoms with E-state index < -0.39 is 0 Å². The Morgan fingerprint density at radius 1 is 1.08 bits per heavy atom. The lowest BCUT2D eigenvalue weighted by Gasteiger charge is -2.35. The highest BCUT2D eigenvalue weighted by Gasteiger charge is 2.17. The van der Waals surface area contributed by atoms with Crippen molar-refractivity contribution < 1.29 is 0 Å². The van der Waals surface area contributed by atoms with Gasteiger partial charge in [-0.1, -0.05) is 17.7 Å². The molecule has 1 aromatic carbocycles. The van der Waals surface area contributed by atoms with Crippen LogP contribution in [-0.4, -0.2) is 47.6 Å². The topological polar surface area (TPSA) is 32.3 Å². The number of hydrogen-bond donors (Lipinski definition) is 0. The Morgan fingerprint density at radius 3 is 2.76 bits per heavy atom. The molecule has 0 atom stereocenters. The van der Waals surface area contributed by atoms with Crippen LogP contribution in [-0.2, 0) is 6.42 Å². The summed E-state index contributed by atoms with van der Waals surface area (Å²) in [4.78, 5) is 14.1. The van der Waals surface area contributed by atoms with Crippen molar-refractivity contribution in [1.29, 1.82) is 0 Å². The minimum atomic E-state index is 0.759. The second-order valence-electron chi connectivity index (χ2n) is 6.34. The number of piperazine rings is 1. The van der Waals surface area contributed by atoms with Gasteiger partial charge in [-0.15, -0.1) is 11.3 Å². The molecule has 25 heavy (non-hydrogen) atoms. The second kappa shape index (κ2) is 7.68. The Balaban J connectivity index is 1.25. The molecule has 0 radical (unpaired) electrons. The van der Waals surface area contributed by atoms with Gasteiger partial charge >= 0.3 is 0 Å². The van der Waals surface area contributed by atoms with Crippen LogP contribution in [0.15, 0.2) is 42.6 Å². The fraction of sp³-hybridized carbons (Fsp3) is 0.368. The Kier molecular flexibility index (Phi) is 5.15. The Hall–Kier alpha value is -1.69. The molecule has 0 saturated carbocycles. The second-order valence-corrected chi connectivity index (χ2v) is 7.89. The molecule has 3 heterocycles. The first-order valence-electron chi connectivity index (χ1n) is 8.71. The number of fused-ring (bicyclic) bond motifs is 1. The van der Waals surface area contributed by atoms with Crippen LogP contribution in [0.25, 0.3) is 10.2 Å². The molecule has 0 amide bonds. The molecule has 4 nitrogen and oxygen atoms in total. The number of pyridine rings is 1. The summed E-state index contributed by atoms with van der Waals surface area (Å²) in [6.45, 7) is 5.44. The van der Waals surface area contributed by atoms with Crippen molar-refractivity contribution in [2.24, 2.45) is 0 Å². The third-order valence-corrected chi connectivity index (χ3v) is 5.94. The van der Waals surface area contributed by atoms with E-state index in [2.05, 4.69) is 33.0 Å². The maximum atomic E-state index is 6.04. The fourth-order valence-electron chi connectivity index (χ4n) is 3.25. The zero-order valence-electron chi connectivity index (χ0n) is 14.1. The van der Waals surface area contributed by atoms with E-state index in [1.54, 1.807) is 11.3 Å². The summed E-state index contributed by atoms with van der Waals surface area (Å²) < 4.78 is 1.23. The maximum absolute atomic E-state index is 6.04. The van der Waals surface area contributed by atoms with Gasteiger partial charge < -0.3 is 4.90 Å². The van der Waals surface area contributed by atoms with Gasteiger partial charge in [-0.2, -0.15) is 0 Å². The van der Waals surface area contributed by atoms with Crippen LogP contribution in [0.3, 0.4) is 0 Å². The molecule has 130 valence electrons. The Labute approximate surface area is 157 Å². The van der Waals surface area contributed by atoms with Crippen LogP contribution in [0.5, 0.6) is 0 Å². The SMILES string of the molecule is Clc1ccc2sc(CCCN3CCN(c4ccccn4)CC3)nc2c1. The fourth-order valence-corrected chi connectivity index (χ4v) is 4.41. The molecule has 1 fully saturated rings. The van der Waals surface area contributed by atoms with Gasteiger partial charge in [0.15, 0.2) is 0 Å². The standard InChI is InChI=1S/C19H21ClN4S/c20-15-6-7-17-16(14-15)22-19(25-17)5-3-9-23-10-12-24(13-11-23)18-4-1-2-8-21-18/h1-2,4,6-8,14H,3,5,9-13H2. The molecule has 0 unspecified atom stereocenters. The zero-order valence-corrected chi connectivity index (χ0v) is 15.6. The highest BCUT2D eigenvalue weighted by atomic mass is 35.5. The minimum absolute atomic E-state index is 0.759. The normalized spacial score (nSPS) is 15.8. The lowest BCUT2D eigenvalue weighted by molar-refractivity contribution is 0.254. The molecule has 4 rings (SSSR count). The van der Waals surface area contributed by atoms with Gasteiger partial charge in [0.2, 0.25) is 0 Å². The molecule has 6 heteroatoms. The third kappa shape index (κ3) is 4.11. The van der Waals surface area contributed by atoms with E-state index in [4.69, 9.17) is 16.6 Å². The first-order valence-corrected chi connectivity index (χ1v) is 9.91. The quantitative estimate of drug-likeness (QED) is 0.675. The molecular weight excluding hydrogens is 352 g/mol. The van der Waals surface area contributed by atoms with E-state index >= 15 is 0 Å². The van der Waals surface area contributed by atoms with Gasteiger partial charge in [-0.3, -0.25) is 4.90 Å². The lowest BCUT2D eigenvalue weighted by atomic mass is 10.2. The van der Waals surface area contributed by atoms with Crippen LogP contribution in [0.4, 0.5) is 5.82 Å². The molecule has 0 spiro atoms. The van der Waals surface area contributed by atoms with Crippen molar-refractivity contribution in [2.45, 2.75) is 12.8 Å². The number of anilines is 1. The average Bonchev–Trinajstić information content (AvgIpc) is 3.05. The van der Waals surface area contributed by atoms with Crippen molar-refractivity contribution in [3.63, 3.8) is 0 Å². The summed E-state index contributed by atoms with van der Waals surface area (Å²) in [5.41, 5.74) is 1.02. The van der Waals surface area contributed by atoms with Crippen molar-refractivity contribution in [3.05, 3.63) is 52.6 Å². The Bertz CT molecular complexity index is 828. The van der Waals surface area contributed by atoms with E-state index in [1.165, 1.54) is 9.71 Å². The van der Waals surface area contributed by atoms with Gasteiger partial charge in [-0.25, -0.2) is 9.97 Å². The van der Waals surface area contributed by atoms with Crippen LogP contribution >= 0.6 is 22.9 Å². The molecule has 0 aliphatic carbocycles. The first-order chi connectivity index (χ1) is 12.3. The molecule has 3 aromatic rings. The van der Waals surface area contributed by atoms with Crippen molar-refractivity contribution in [2.75, 3.05) is 37.6 Å². The maximum Gasteiger partial charge on any atom is 0.128 e. The smallest absolute Gasteiger partial charge is 0.128 e. The van der Waals surface area contributed by atoms with Crippen molar-refractivity contribution >= 4 is 39.0 Å². The van der Waals surface area contributed by atoms with Gasteiger partial charge in [-0.05, 0) is 43.3 Å². The molecule has 2 aromatic heterocycles. The van der Waals surface area contributed by atoms with Crippen molar-refractivity contribution in [3.8, 4) is 0 Å². The van der Waals surface area contributed by atoms with Gasteiger partial charge in [0.1, 0.15) is 5.82 Å². The summed E-state index contributed by atoms with van der Waals surface area (Å²) in [5.74, 6) is 1.09. The summed E-state index contributed by atoms with van der Waals surface area (Å²) in [5, 5.41) is 1.97. The van der Waals surface area contributed by atoms with Crippen LogP contribution in [0, 0.1) is 0 Å². The van der Waals surface area contributed by atoms with Crippen LogP contribution < -0.4 is 4.90 Å². The predicted molar refractivity (Wildman–Crippen MR) is 106 cm³/mol. The number of hydrogen-bond acceptors (Lipinski definition) is 5. The van der Waals surface area contributed by atoms with E-state index in [9.17, 15) is 0 Å². The van der Waals surface area contributed by atoms with Crippen LogP contribution in [0.2, 0.25) is 5.02 Å². The number of halogens is 1. The number of thiazole rings is 1. The molecule has 1 aliphatic heterocycles. The van der Waals surface area contributed by atoms with E-state index in [0.29, 0.717) is 0 Å². The van der Waals surface area contributed by atoms with E-state index in [-0.39, 0.29) is 0 Å². The van der Waals surface area contributed by atoms with Gasteiger partial charge in [0.25, 0.3) is 0 Å². The summed E-state index contributed by atoms with van der Waals surface area (Å²) in [6.07, 6.45) is 4.06. The molecule has 1 saturated heterocycles. The van der Waals surface area contributed by atoms with E-state index in [1.807, 2.05) is 24.4 Å².